The van der Waals surface area contributed by atoms with Crippen molar-refractivity contribution >= 4 is 11.7 Å². The number of hydrogen-bond donors (Lipinski definition) is 2. The van der Waals surface area contributed by atoms with E-state index < -0.39 is 0 Å². The highest BCUT2D eigenvalue weighted by molar-refractivity contribution is 5.90. The van der Waals surface area contributed by atoms with Crippen LogP contribution in [0.4, 0.5) is 10.5 Å². The fraction of sp³-hybridized carbons (Fsp3) is 0.588. The molecule has 1 aliphatic rings. The van der Waals surface area contributed by atoms with Crippen LogP contribution in [-0.4, -0.2) is 26.3 Å². The molecular weight excluding hydrogens is 280 g/mol. The molecule has 0 heterocycles. The van der Waals surface area contributed by atoms with Crippen LogP contribution in [0.2, 0.25) is 0 Å². The summed E-state index contributed by atoms with van der Waals surface area (Å²) in [6, 6.07) is 3.75. The first-order chi connectivity index (χ1) is 10.5. The molecule has 1 fully saturated rings. The number of carbonyl (C=O) groups excluding carboxylic acids is 1. The summed E-state index contributed by atoms with van der Waals surface area (Å²) in [5.74, 6) is 1.80. The minimum atomic E-state index is -0.158. The Kier molecular flexibility index (Phi) is 5.52. The molecule has 2 amide bonds. The lowest BCUT2D eigenvalue weighted by Crippen LogP contribution is -2.43. The van der Waals surface area contributed by atoms with Crippen LogP contribution >= 0.6 is 0 Å². The third kappa shape index (κ3) is 3.84. The average molecular weight is 306 g/mol. The molecule has 1 aromatic rings. The zero-order valence-corrected chi connectivity index (χ0v) is 13.9. The maximum absolute atomic E-state index is 12.2. The van der Waals surface area contributed by atoms with Crippen LogP contribution in [0, 0.1) is 12.8 Å². The summed E-state index contributed by atoms with van der Waals surface area (Å²) in [6.45, 7) is 4.13. The van der Waals surface area contributed by atoms with E-state index in [0.29, 0.717) is 17.4 Å². The number of carbonyl (C=O) groups is 1. The Morgan fingerprint density at radius 2 is 1.77 bits per heavy atom. The Balaban J connectivity index is 2.04. The third-order valence-electron chi connectivity index (χ3n) is 4.41. The van der Waals surface area contributed by atoms with E-state index in [1.54, 1.807) is 20.3 Å². The molecule has 1 saturated carbocycles. The molecule has 122 valence electrons. The Hall–Kier alpha value is -1.91. The highest BCUT2D eigenvalue weighted by Gasteiger charge is 2.23. The number of rotatable bonds is 4. The Bertz CT molecular complexity index is 531. The fourth-order valence-corrected chi connectivity index (χ4v) is 2.97. The molecule has 0 saturated heterocycles. The van der Waals surface area contributed by atoms with Gasteiger partial charge in [-0.1, -0.05) is 19.8 Å². The summed E-state index contributed by atoms with van der Waals surface area (Å²) in [5.41, 5.74) is 1.67. The second-order valence-corrected chi connectivity index (χ2v) is 5.99. The standard InChI is InChI=1S/C17H26N2O3/c1-11-7-5-6-8-13(11)18-17(20)19-14-10-16(22-4)15(21-3)9-12(14)2/h9-11,13H,5-8H2,1-4H3,(H2,18,19,20)/t11-,13+/m0/s1. The number of amides is 2. The third-order valence-corrected chi connectivity index (χ3v) is 4.41. The molecule has 22 heavy (non-hydrogen) atoms. The lowest BCUT2D eigenvalue weighted by molar-refractivity contribution is 0.232. The lowest BCUT2D eigenvalue weighted by Gasteiger charge is -2.29. The smallest absolute Gasteiger partial charge is 0.319 e. The summed E-state index contributed by atoms with van der Waals surface area (Å²) in [6.07, 6.45) is 4.68. The second kappa shape index (κ2) is 7.38. The van der Waals surface area contributed by atoms with Crippen LogP contribution in [0.1, 0.15) is 38.2 Å². The van der Waals surface area contributed by atoms with Crippen molar-refractivity contribution in [1.82, 2.24) is 5.32 Å². The van der Waals surface area contributed by atoms with Crippen LogP contribution in [0.5, 0.6) is 11.5 Å². The molecule has 5 heteroatoms. The van der Waals surface area contributed by atoms with E-state index in [2.05, 4.69) is 17.6 Å². The molecule has 0 aliphatic heterocycles. The first-order valence-electron chi connectivity index (χ1n) is 7.85. The van der Waals surface area contributed by atoms with Crippen molar-refractivity contribution in [2.75, 3.05) is 19.5 Å². The van der Waals surface area contributed by atoms with Gasteiger partial charge in [0, 0.05) is 17.8 Å². The first-order valence-corrected chi connectivity index (χ1v) is 7.85. The van der Waals surface area contributed by atoms with Gasteiger partial charge in [-0.2, -0.15) is 0 Å². The summed E-state index contributed by atoms with van der Waals surface area (Å²) in [5, 5.41) is 6.01. The van der Waals surface area contributed by atoms with Gasteiger partial charge in [0.25, 0.3) is 0 Å². The van der Waals surface area contributed by atoms with Crippen molar-refractivity contribution < 1.29 is 14.3 Å². The molecule has 2 rings (SSSR count). The van der Waals surface area contributed by atoms with Gasteiger partial charge in [-0.3, -0.25) is 0 Å². The van der Waals surface area contributed by atoms with Gasteiger partial charge in [-0.15, -0.1) is 0 Å². The minimum absolute atomic E-state index is 0.158. The molecule has 5 nitrogen and oxygen atoms in total. The summed E-state index contributed by atoms with van der Waals surface area (Å²) in [7, 11) is 3.18. The largest absolute Gasteiger partial charge is 0.493 e. The SMILES string of the molecule is COc1cc(C)c(NC(=O)N[C@@H]2CCCC[C@@H]2C)cc1OC. The molecule has 2 N–H and O–H groups in total. The zero-order chi connectivity index (χ0) is 16.1. The number of anilines is 1. The number of nitrogens with one attached hydrogen (secondary N) is 2. The van der Waals surface area contributed by atoms with E-state index in [-0.39, 0.29) is 12.1 Å². The number of ether oxygens (including phenoxy) is 2. The van der Waals surface area contributed by atoms with Gasteiger partial charge in [0.2, 0.25) is 0 Å². The van der Waals surface area contributed by atoms with E-state index >= 15 is 0 Å². The van der Waals surface area contributed by atoms with E-state index in [1.165, 1.54) is 19.3 Å². The van der Waals surface area contributed by atoms with Gasteiger partial charge in [-0.25, -0.2) is 4.79 Å². The van der Waals surface area contributed by atoms with Crippen molar-refractivity contribution in [1.29, 1.82) is 0 Å². The second-order valence-electron chi connectivity index (χ2n) is 5.99. The van der Waals surface area contributed by atoms with Gasteiger partial charge in [0.1, 0.15) is 0 Å². The van der Waals surface area contributed by atoms with Crippen LogP contribution in [0.25, 0.3) is 0 Å². The predicted molar refractivity (Wildman–Crippen MR) is 87.9 cm³/mol. The number of methoxy groups -OCH3 is 2. The maximum atomic E-state index is 12.2. The summed E-state index contributed by atoms with van der Waals surface area (Å²) >= 11 is 0. The van der Waals surface area contributed by atoms with E-state index in [4.69, 9.17) is 9.47 Å². The molecule has 0 unspecified atom stereocenters. The van der Waals surface area contributed by atoms with Crippen molar-refractivity contribution in [2.45, 2.75) is 45.6 Å². The van der Waals surface area contributed by atoms with E-state index in [0.717, 1.165) is 17.7 Å². The van der Waals surface area contributed by atoms with Crippen molar-refractivity contribution in [3.63, 3.8) is 0 Å². The zero-order valence-electron chi connectivity index (χ0n) is 13.9. The van der Waals surface area contributed by atoms with Gasteiger partial charge < -0.3 is 20.1 Å². The first kappa shape index (κ1) is 16.5. The lowest BCUT2D eigenvalue weighted by atomic mass is 9.86. The van der Waals surface area contributed by atoms with Gasteiger partial charge in [-0.05, 0) is 37.3 Å². The number of urea groups is 1. The van der Waals surface area contributed by atoms with Gasteiger partial charge in [0.05, 0.1) is 14.2 Å². The quantitative estimate of drug-likeness (QED) is 0.891. The molecular formula is C17H26N2O3. The van der Waals surface area contributed by atoms with Crippen LogP contribution in [0.15, 0.2) is 12.1 Å². The van der Waals surface area contributed by atoms with Crippen molar-refractivity contribution in [2.24, 2.45) is 5.92 Å². The molecule has 1 aliphatic carbocycles. The van der Waals surface area contributed by atoms with Gasteiger partial charge >= 0.3 is 6.03 Å². The molecule has 2 atom stereocenters. The topological polar surface area (TPSA) is 59.6 Å². The Morgan fingerprint density at radius 3 is 2.41 bits per heavy atom. The molecule has 0 radical (unpaired) electrons. The van der Waals surface area contributed by atoms with Crippen LogP contribution in [-0.2, 0) is 0 Å². The fourth-order valence-electron chi connectivity index (χ4n) is 2.97. The van der Waals surface area contributed by atoms with Crippen molar-refractivity contribution in [3.05, 3.63) is 17.7 Å². The Morgan fingerprint density at radius 1 is 1.14 bits per heavy atom. The predicted octanol–water partition coefficient (Wildman–Crippen LogP) is 3.71. The maximum Gasteiger partial charge on any atom is 0.319 e. The minimum Gasteiger partial charge on any atom is -0.493 e. The molecule has 0 bridgehead atoms. The van der Waals surface area contributed by atoms with E-state index in [9.17, 15) is 4.79 Å². The summed E-state index contributed by atoms with van der Waals surface area (Å²) in [4.78, 5) is 12.2. The average Bonchev–Trinajstić information content (AvgIpc) is 2.51. The van der Waals surface area contributed by atoms with Gasteiger partial charge in [0.15, 0.2) is 11.5 Å². The number of aryl methyl sites for hydroxylation is 1. The normalized spacial score (nSPS) is 21.1. The molecule has 0 aromatic heterocycles. The number of hydrogen-bond acceptors (Lipinski definition) is 3. The summed E-state index contributed by atoms with van der Waals surface area (Å²) < 4.78 is 10.5. The van der Waals surface area contributed by atoms with Crippen molar-refractivity contribution in [3.8, 4) is 11.5 Å². The highest BCUT2D eigenvalue weighted by Crippen LogP contribution is 2.33. The van der Waals surface area contributed by atoms with Crippen LogP contribution < -0.4 is 20.1 Å². The monoisotopic (exact) mass is 306 g/mol. The van der Waals surface area contributed by atoms with Crippen LogP contribution in [0.3, 0.4) is 0 Å². The number of benzene rings is 1. The highest BCUT2D eigenvalue weighted by atomic mass is 16.5. The molecule has 0 spiro atoms. The molecule has 1 aromatic carbocycles. The van der Waals surface area contributed by atoms with E-state index in [1.807, 2.05) is 13.0 Å². The Labute approximate surface area is 132 Å².